The van der Waals surface area contributed by atoms with Gasteiger partial charge >= 0.3 is 5.97 Å². The van der Waals surface area contributed by atoms with Crippen LogP contribution >= 0.6 is 23.2 Å². The second kappa shape index (κ2) is 10.7. The molecule has 2 aromatic carbocycles. The number of hydrogen-bond donors (Lipinski definition) is 1. The van der Waals surface area contributed by atoms with Crippen LogP contribution in [0.15, 0.2) is 65.7 Å². The minimum Gasteiger partial charge on any atom is -0.465 e. The van der Waals surface area contributed by atoms with Crippen LogP contribution < -0.4 is 4.72 Å². The average Bonchev–Trinajstić information content (AvgIpc) is 2.80. The summed E-state index contributed by atoms with van der Waals surface area (Å²) in [5.41, 5.74) is -1.02. The number of hydrogen-bond acceptors (Lipinski definition) is 7. The van der Waals surface area contributed by atoms with Crippen LogP contribution in [-0.4, -0.2) is 40.1 Å². The van der Waals surface area contributed by atoms with E-state index in [1.54, 1.807) is 0 Å². The number of anilines is 1. The van der Waals surface area contributed by atoms with E-state index in [9.17, 15) is 30.4 Å². The fraction of sp³-hybridized carbons (Fsp3) is 0.182. The van der Waals surface area contributed by atoms with Crippen LogP contribution in [0.3, 0.4) is 0 Å². The summed E-state index contributed by atoms with van der Waals surface area (Å²) in [5.74, 6) is -4.31. The second-order valence-corrected chi connectivity index (χ2v) is 12.3. The smallest absolute Gasteiger partial charge is 0.323 e. The molecule has 14 heteroatoms. The number of carbonyl (C=O) groups excluding carboxylic acids is 1. The van der Waals surface area contributed by atoms with Crippen LogP contribution in [0, 0.1) is 11.6 Å². The number of sulfonamides is 1. The molecule has 0 aliphatic carbocycles. The first kappa shape index (κ1) is 27.8. The van der Waals surface area contributed by atoms with Crippen molar-refractivity contribution in [3.05, 3.63) is 88.6 Å². The Morgan fingerprint density at radius 1 is 1.06 bits per heavy atom. The molecule has 1 N–H and O–H groups in total. The molecule has 1 unspecified atom stereocenters. The van der Waals surface area contributed by atoms with Gasteiger partial charge in [-0.25, -0.2) is 30.6 Å². The van der Waals surface area contributed by atoms with Crippen LogP contribution in [0.5, 0.6) is 0 Å². The number of esters is 1. The van der Waals surface area contributed by atoms with Crippen molar-refractivity contribution in [1.29, 1.82) is 0 Å². The zero-order chi connectivity index (χ0) is 26.7. The summed E-state index contributed by atoms with van der Waals surface area (Å²) in [6.45, 7) is 1.49. The van der Waals surface area contributed by atoms with Gasteiger partial charge in [-0.2, -0.15) is 0 Å². The van der Waals surface area contributed by atoms with Crippen molar-refractivity contribution in [2.24, 2.45) is 0 Å². The Hall–Kier alpha value is -2.80. The predicted molar refractivity (Wildman–Crippen MR) is 130 cm³/mol. The number of benzene rings is 2. The second-order valence-electron chi connectivity index (χ2n) is 7.28. The van der Waals surface area contributed by atoms with E-state index in [2.05, 4.69) is 9.72 Å². The van der Waals surface area contributed by atoms with Crippen molar-refractivity contribution in [3.63, 3.8) is 0 Å². The molecule has 0 spiro atoms. The molecule has 3 rings (SSSR count). The van der Waals surface area contributed by atoms with Gasteiger partial charge in [-0.1, -0.05) is 29.3 Å². The third-order valence-corrected chi connectivity index (χ3v) is 9.29. The van der Waals surface area contributed by atoms with E-state index in [1.165, 1.54) is 19.1 Å². The molecular formula is C22H18Cl2F2N2O6S2. The zero-order valence-corrected chi connectivity index (χ0v) is 21.6. The molecule has 0 bridgehead atoms. The first-order valence-corrected chi connectivity index (χ1v) is 14.0. The lowest BCUT2D eigenvalue weighted by Gasteiger charge is -2.28. The number of halogens is 4. The summed E-state index contributed by atoms with van der Waals surface area (Å²) >= 11 is 12.5. The summed E-state index contributed by atoms with van der Waals surface area (Å²) in [4.78, 5) is 15.0. The Kier molecular flexibility index (Phi) is 8.23. The molecule has 36 heavy (non-hydrogen) atoms. The Labute approximate surface area is 216 Å². The Balaban J connectivity index is 2.10. The van der Waals surface area contributed by atoms with Gasteiger partial charge < -0.3 is 4.74 Å². The SMILES string of the molecule is CCOC(=O)CS(=O)(=O)Nc1ccc(C(Cl)(c2cc(F)ccc2F)S(=O)(=O)c2ccc(Cl)cc2)cn1. The number of nitrogens with one attached hydrogen (secondary N) is 1. The number of ether oxygens (including phenoxy) is 1. The molecule has 0 fully saturated rings. The van der Waals surface area contributed by atoms with Gasteiger partial charge in [-0.3, -0.25) is 9.52 Å². The Morgan fingerprint density at radius 3 is 2.31 bits per heavy atom. The monoisotopic (exact) mass is 578 g/mol. The maximum absolute atomic E-state index is 14.9. The molecule has 192 valence electrons. The van der Waals surface area contributed by atoms with E-state index in [-0.39, 0.29) is 27.9 Å². The van der Waals surface area contributed by atoms with Crippen LogP contribution in [-0.2, 0) is 33.6 Å². The van der Waals surface area contributed by atoms with Gasteiger partial charge in [-0.05, 0) is 55.5 Å². The normalized spacial score (nSPS) is 13.6. The molecule has 0 aliphatic rings. The molecule has 1 heterocycles. The summed E-state index contributed by atoms with van der Waals surface area (Å²) in [5, 5.41) is 0.229. The van der Waals surface area contributed by atoms with Crippen LogP contribution in [0.1, 0.15) is 18.1 Å². The van der Waals surface area contributed by atoms with Crippen molar-refractivity contribution in [2.45, 2.75) is 16.0 Å². The van der Waals surface area contributed by atoms with Gasteiger partial charge in [0, 0.05) is 22.3 Å². The van der Waals surface area contributed by atoms with Gasteiger partial charge in [0.15, 0.2) is 5.75 Å². The van der Waals surface area contributed by atoms with Crippen molar-refractivity contribution in [2.75, 3.05) is 17.1 Å². The van der Waals surface area contributed by atoms with Gasteiger partial charge in [0.2, 0.25) is 24.1 Å². The molecule has 0 saturated heterocycles. The highest BCUT2D eigenvalue weighted by Gasteiger charge is 2.48. The number of nitrogens with zero attached hydrogens (tertiary/aromatic N) is 1. The van der Waals surface area contributed by atoms with Gasteiger partial charge in [0.25, 0.3) is 0 Å². The summed E-state index contributed by atoms with van der Waals surface area (Å²) in [7, 11) is -8.88. The molecule has 8 nitrogen and oxygen atoms in total. The standard InChI is InChI=1S/C22H18Cl2F2N2O6S2/c1-2-34-21(29)13-35(30,31)28-20-10-3-14(12-27-20)22(24,18-11-16(25)6-9-19(18)26)36(32,33)17-7-4-15(23)5-8-17/h3-12H,2,13H2,1H3,(H,27,28). The number of carbonyl (C=O) groups is 1. The first-order chi connectivity index (χ1) is 16.8. The maximum Gasteiger partial charge on any atom is 0.323 e. The highest BCUT2D eigenvalue weighted by molar-refractivity contribution is 7.94. The molecule has 0 saturated carbocycles. The van der Waals surface area contributed by atoms with Crippen molar-refractivity contribution < 1.29 is 35.1 Å². The van der Waals surface area contributed by atoms with E-state index >= 15 is 0 Å². The van der Waals surface area contributed by atoms with Gasteiger partial charge in [0.1, 0.15) is 17.5 Å². The van der Waals surface area contributed by atoms with Crippen LogP contribution in [0.4, 0.5) is 14.6 Å². The maximum atomic E-state index is 14.9. The molecule has 0 radical (unpaired) electrons. The summed E-state index contributed by atoms with van der Waals surface area (Å²) in [6, 6.07) is 9.18. The lowest BCUT2D eigenvalue weighted by Crippen LogP contribution is -2.33. The quantitative estimate of drug-likeness (QED) is 0.298. The number of rotatable bonds is 9. The zero-order valence-electron chi connectivity index (χ0n) is 18.4. The highest BCUT2D eigenvalue weighted by atomic mass is 35.5. The Bertz CT molecular complexity index is 1490. The van der Waals surface area contributed by atoms with Crippen molar-refractivity contribution >= 4 is 54.8 Å². The van der Waals surface area contributed by atoms with E-state index in [0.29, 0.717) is 6.07 Å². The average molecular weight is 579 g/mol. The molecular weight excluding hydrogens is 561 g/mol. The summed E-state index contributed by atoms with van der Waals surface area (Å²) < 4.78 is 84.5. The molecule has 1 atom stereocenters. The molecule has 1 aromatic heterocycles. The third kappa shape index (κ3) is 5.77. The van der Waals surface area contributed by atoms with E-state index < -0.39 is 53.0 Å². The predicted octanol–water partition coefficient (Wildman–Crippen LogP) is 4.23. The summed E-state index contributed by atoms with van der Waals surface area (Å²) in [6.07, 6.45) is 0.896. The third-order valence-electron chi connectivity index (χ3n) is 4.78. The first-order valence-electron chi connectivity index (χ1n) is 10.1. The topological polar surface area (TPSA) is 119 Å². The van der Waals surface area contributed by atoms with Gasteiger partial charge in [0.05, 0.1) is 11.5 Å². The van der Waals surface area contributed by atoms with E-state index in [1.807, 2.05) is 4.72 Å². The van der Waals surface area contributed by atoms with Crippen molar-refractivity contribution in [3.8, 4) is 0 Å². The van der Waals surface area contributed by atoms with Crippen LogP contribution in [0.2, 0.25) is 5.02 Å². The lowest BCUT2D eigenvalue weighted by molar-refractivity contribution is -0.139. The van der Waals surface area contributed by atoms with Crippen LogP contribution in [0.25, 0.3) is 0 Å². The molecule has 0 aliphatic heterocycles. The van der Waals surface area contributed by atoms with Gasteiger partial charge in [-0.15, -0.1) is 0 Å². The fourth-order valence-electron chi connectivity index (χ4n) is 3.17. The minimum atomic E-state index is -4.67. The Morgan fingerprint density at radius 2 is 1.72 bits per heavy atom. The highest BCUT2D eigenvalue weighted by Crippen LogP contribution is 2.46. The molecule has 3 aromatic rings. The number of pyridine rings is 1. The number of aromatic nitrogens is 1. The van der Waals surface area contributed by atoms with E-state index in [4.69, 9.17) is 23.2 Å². The number of alkyl halides is 1. The number of sulfone groups is 1. The van der Waals surface area contributed by atoms with Crippen molar-refractivity contribution in [1.82, 2.24) is 4.98 Å². The largest absolute Gasteiger partial charge is 0.465 e. The minimum absolute atomic E-state index is 0.0160. The fourth-order valence-corrected chi connectivity index (χ4v) is 6.42. The van der Waals surface area contributed by atoms with E-state index in [0.717, 1.165) is 42.6 Å². The molecule has 0 amide bonds. The lowest BCUT2D eigenvalue weighted by atomic mass is 10.0.